The Hall–Kier alpha value is -4.61. The predicted octanol–water partition coefficient (Wildman–Crippen LogP) is 0.827. The van der Waals surface area contributed by atoms with Gasteiger partial charge in [-0.25, -0.2) is 9.97 Å². The molecule has 2 aromatic heterocycles. The smallest absolute Gasteiger partial charge is 0.270 e. The van der Waals surface area contributed by atoms with E-state index < -0.39 is 11.9 Å². The molecule has 0 aliphatic carbocycles. The maximum atomic E-state index is 13.0. The monoisotopic (exact) mass is 547 g/mol. The van der Waals surface area contributed by atoms with Crippen LogP contribution in [-0.4, -0.2) is 77.4 Å². The first-order chi connectivity index (χ1) is 19.0. The molecule has 40 heavy (non-hydrogen) atoms. The fourth-order valence-corrected chi connectivity index (χ4v) is 3.56. The Kier molecular flexibility index (Phi) is 10.1. The van der Waals surface area contributed by atoms with Gasteiger partial charge in [-0.3, -0.25) is 14.2 Å². The summed E-state index contributed by atoms with van der Waals surface area (Å²) in [6, 6.07) is 14.7. The summed E-state index contributed by atoms with van der Waals surface area (Å²) in [5.41, 5.74) is 1.80. The van der Waals surface area contributed by atoms with Gasteiger partial charge in [0.05, 0.1) is 70.8 Å². The van der Waals surface area contributed by atoms with Gasteiger partial charge in [0.15, 0.2) is 0 Å². The molecule has 2 heterocycles. The number of aromatic nitrogens is 3. The minimum absolute atomic E-state index is 0.0547. The number of likely N-dealkylation sites (N-methyl/N-ethyl adjacent to an activating group) is 1. The maximum Gasteiger partial charge on any atom is 0.270 e. The standard InChI is InChI=1S/C24H20N4O5.C5H14NO/c1-33-18-8-4-15(5-9-18)11-26-22(29)20-10-19-21(12-25-20)27-14-28(23(19)30)13-16-2-6-17(7-3-16)24(31)32;1-6(2,3)4-5-7/h2-10,12,14H,11,13H2,1H3,(H,26,29)(H,31,32);7H,4-5H2,1-3H3/q;+1/p-1. The molecular weight excluding hydrogens is 514 g/mol. The zero-order valence-electron chi connectivity index (χ0n) is 23.0. The molecule has 0 atom stereocenters. The average molecular weight is 548 g/mol. The van der Waals surface area contributed by atoms with Crippen molar-refractivity contribution < 1.29 is 29.0 Å². The van der Waals surface area contributed by atoms with Gasteiger partial charge >= 0.3 is 0 Å². The summed E-state index contributed by atoms with van der Waals surface area (Å²) in [6.07, 6.45) is 2.78. The van der Waals surface area contributed by atoms with Crippen LogP contribution in [0.1, 0.15) is 32.0 Å². The van der Waals surface area contributed by atoms with E-state index in [9.17, 15) is 19.5 Å². The van der Waals surface area contributed by atoms with E-state index in [4.69, 9.17) is 9.84 Å². The Labute approximate surface area is 231 Å². The number of ether oxygens (including phenoxy) is 1. The molecule has 210 valence electrons. The van der Waals surface area contributed by atoms with Gasteiger partial charge in [-0.05, 0) is 34.9 Å². The molecule has 4 rings (SSSR count). The van der Waals surface area contributed by atoms with Gasteiger partial charge in [-0.15, -0.1) is 0 Å². The summed E-state index contributed by atoms with van der Waals surface area (Å²) >= 11 is 0. The van der Waals surface area contributed by atoms with Crippen LogP contribution in [0.15, 0.2) is 71.9 Å². The number of pyridine rings is 1. The Bertz CT molecular complexity index is 1510. The Balaban J connectivity index is 0.000000559. The zero-order chi connectivity index (χ0) is 29.3. The highest BCUT2D eigenvalue weighted by Gasteiger charge is 2.12. The van der Waals surface area contributed by atoms with Crippen LogP contribution >= 0.6 is 0 Å². The summed E-state index contributed by atoms with van der Waals surface area (Å²) in [4.78, 5) is 44.8. The molecule has 0 unspecified atom stereocenters. The molecule has 0 fully saturated rings. The number of aliphatic hydroxyl groups is 1. The van der Waals surface area contributed by atoms with E-state index in [0.29, 0.717) is 12.1 Å². The number of hydrogen-bond donors (Lipinski definition) is 2. The van der Waals surface area contributed by atoms with Gasteiger partial charge in [-0.1, -0.05) is 36.4 Å². The maximum absolute atomic E-state index is 13.0. The lowest BCUT2D eigenvalue weighted by Gasteiger charge is -2.21. The molecule has 4 aromatic rings. The first kappa shape index (κ1) is 29.9. The zero-order valence-corrected chi connectivity index (χ0v) is 23.0. The largest absolute Gasteiger partial charge is 0.545 e. The van der Waals surface area contributed by atoms with Gasteiger partial charge in [0.25, 0.3) is 11.5 Å². The number of carbonyl (C=O) groups is 2. The van der Waals surface area contributed by atoms with E-state index in [1.807, 2.05) is 12.1 Å². The van der Waals surface area contributed by atoms with Crippen molar-refractivity contribution in [2.45, 2.75) is 13.1 Å². The molecule has 0 radical (unpaired) electrons. The number of nitrogens with one attached hydrogen (secondary N) is 1. The van der Waals surface area contributed by atoms with E-state index >= 15 is 0 Å². The number of fused-ring (bicyclic) bond motifs is 1. The fourth-order valence-electron chi connectivity index (χ4n) is 3.56. The van der Waals surface area contributed by atoms with Crippen LogP contribution in [0.25, 0.3) is 10.9 Å². The second-order valence-electron chi connectivity index (χ2n) is 10.0. The molecular formula is C29H33N5O6. The number of aromatic carboxylic acids is 1. The SMILES string of the molecule is COc1ccc(CNC(=O)c2cc3c(=O)n(Cc4ccc(C(=O)[O-])cc4)cnc3cn2)cc1.C[N+](C)(C)CCO. The molecule has 1 amide bonds. The molecule has 0 aliphatic rings. The second kappa shape index (κ2) is 13.5. The number of amides is 1. The van der Waals surface area contributed by atoms with Crippen LogP contribution in [0.3, 0.4) is 0 Å². The Morgan fingerprint density at radius 3 is 2.23 bits per heavy atom. The topological polar surface area (TPSA) is 146 Å². The summed E-state index contributed by atoms with van der Waals surface area (Å²) in [7, 11) is 7.74. The molecule has 11 heteroatoms. The number of carboxylic acids is 1. The van der Waals surface area contributed by atoms with Crippen LogP contribution < -0.4 is 20.7 Å². The van der Waals surface area contributed by atoms with Crippen molar-refractivity contribution >= 4 is 22.8 Å². The molecule has 0 saturated heterocycles. The van der Waals surface area contributed by atoms with Gasteiger partial charge in [-0.2, -0.15) is 0 Å². The second-order valence-corrected chi connectivity index (χ2v) is 10.0. The van der Waals surface area contributed by atoms with Crippen LogP contribution in [0.5, 0.6) is 5.75 Å². The van der Waals surface area contributed by atoms with Crippen molar-refractivity contribution in [1.29, 1.82) is 0 Å². The number of carbonyl (C=O) groups excluding carboxylic acids is 2. The molecule has 0 spiro atoms. The highest BCUT2D eigenvalue weighted by molar-refractivity contribution is 5.95. The van der Waals surface area contributed by atoms with E-state index in [-0.39, 0.29) is 35.4 Å². The quantitative estimate of drug-likeness (QED) is 0.293. The Morgan fingerprint density at radius 1 is 1.02 bits per heavy atom. The third-order valence-corrected chi connectivity index (χ3v) is 5.87. The first-order valence-corrected chi connectivity index (χ1v) is 12.5. The van der Waals surface area contributed by atoms with E-state index in [0.717, 1.165) is 27.9 Å². The lowest BCUT2D eigenvalue weighted by Crippen LogP contribution is -2.36. The van der Waals surface area contributed by atoms with Gasteiger partial charge in [0, 0.05) is 6.54 Å². The summed E-state index contributed by atoms with van der Waals surface area (Å²) < 4.78 is 7.35. The van der Waals surface area contributed by atoms with Crippen molar-refractivity contribution in [2.24, 2.45) is 0 Å². The number of quaternary nitrogens is 1. The number of nitrogens with zero attached hydrogens (tertiary/aromatic N) is 4. The van der Waals surface area contributed by atoms with E-state index in [1.54, 1.807) is 31.4 Å². The normalized spacial score (nSPS) is 10.9. The lowest BCUT2D eigenvalue weighted by molar-refractivity contribution is -0.870. The molecule has 2 aromatic carbocycles. The van der Waals surface area contributed by atoms with Crippen LogP contribution in [-0.2, 0) is 13.1 Å². The minimum atomic E-state index is -1.27. The van der Waals surface area contributed by atoms with Crippen molar-refractivity contribution in [2.75, 3.05) is 41.4 Å². The summed E-state index contributed by atoms with van der Waals surface area (Å²) in [5.74, 6) is -0.961. The van der Waals surface area contributed by atoms with E-state index in [2.05, 4.69) is 36.4 Å². The highest BCUT2D eigenvalue weighted by Crippen LogP contribution is 2.12. The third kappa shape index (κ3) is 8.45. The van der Waals surface area contributed by atoms with Gasteiger partial charge < -0.3 is 29.5 Å². The van der Waals surface area contributed by atoms with Gasteiger partial charge in [0.2, 0.25) is 0 Å². The number of methoxy groups -OCH3 is 1. The molecule has 0 saturated carbocycles. The number of carboxylic acid groups (broad SMARTS) is 1. The van der Waals surface area contributed by atoms with Crippen molar-refractivity contribution in [1.82, 2.24) is 19.9 Å². The molecule has 11 nitrogen and oxygen atoms in total. The predicted molar refractivity (Wildman–Crippen MR) is 148 cm³/mol. The molecule has 2 N–H and O–H groups in total. The fraction of sp³-hybridized carbons (Fsp3) is 0.276. The lowest BCUT2D eigenvalue weighted by atomic mass is 10.1. The highest BCUT2D eigenvalue weighted by atomic mass is 16.5. The van der Waals surface area contributed by atoms with Crippen LogP contribution in [0, 0.1) is 0 Å². The number of rotatable bonds is 9. The third-order valence-electron chi connectivity index (χ3n) is 5.87. The van der Waals surface area contributed by atoms with Crippen molar-refractivity contribution in [3.63, 3.8) is 0 Å². The van der Waals surface area contributed by atoms with Gasteiger partial charge in [0.1, 0.15) is 18.0 Å². The summed E-state index contributed by atoms with van der Waals surface area (Å²) in [6.45, 7) is 1.60. The minimum Gasteiger partial charge on any atom is -0.545 e. The number of hydrogen-bond acceptors (Lipinski definition) is 8. The average Bonchev–Trinajstić information content (AvgIpc) is 2.93. The Morgan fingerprint density at radius 2 is 1.68 bits per heavy atom. The van der Waals surface area contributed by atoms with Crippen LogP contribution in [0.2, 0.25) is 0 Å². The van der Waals surface area contributed by atoms with Crippen LogP contribution in [0.4, 0.5) is 0 Å². The van der Waals surface area contributed by atoms with Crippen molar-refractivity contribution in [3.8, 4) is 5.75 Å². The van der Waals surface area contributed by atoms with E-state index in [1.165, 1.54) is 35.3 Å². The first-order valence-electron chi connectivity index (χ1n) is 12.5. The van der Waals surface area contributed by atoms with Crippen molar-refractivity contribution in [3.05, 3.63) is 99.9 Å². The number of benzene rings is 2. The molecule has 0 bridgehead atoms. The summed E-state index contributed by atoms with van der Waals surface area (Å²) in [5, 5.41) is 22.3. The molecule has 0 aliphatic heterocycles. The number of aliphatic hydroxyl groups excluding tert-OH is 1.